The molecular weight excluding hydrogens is 1050 g/mol. The second kappa shape index (κ2) is 17.7. The van der Waals surface area contributed by atoms with Crippen molar-refractivity contribution >= 4 is 141 Å². The van der Waals surface area contributed by atoms with E-state index in [0.717, 1.165) is 110 Å². The molecular formula is C78H45N5OS. The van der Waals surface area contributed by atoms with Crippen molar-refractivity contribution < 1.29 is 4.42 Å². The van der Waals surface area contributed by atoms with E-state index in [1.54, 1.807) is 0 Å². The maximum Gasteiger partial charge on any atom is 0.235 e. The van der Waals surface area contributed by atoms with Gasteiger partial charge in [-0.3, -0.25) is 4.57 Å². The van der Waals surface area contributed by atoms with Crippen LogP contribution in [0.2, 0.25) is 0 Å². The highest BCUT2D eigenvalue weighted by atomic mass is 32.1. The minimum atomic E-state index is 0.626. The summed E-state index contributed by atoms with van der Waals surface area (Å²) in [6.07, 6.45) is 0. The standard InChI is InChI=1S/C78H45N5OS/c1-3-19-46(20-4-1)74-57-28-9-14-30-64(57)79-78(80-74)83-67-33-17-12-29-58(67)72-73-59-38-35-49(43-70(59)84-76(73)56-27-8-7-26-55(56)75(72)83)60-44-51(45-63-54-25-13-18-34-71(54)85-77(60)63)82-66-32-16-11-24-53(66)62-42-48(37-40-69(62)82)47-36-39-68-61(41-47)52-23-10-15-31-65(52)81(68)50-21-5-2-6-22-50/h1-45H. The van der Waals surface area contributed by atoms with Crippen molar-refractivity contribution in [1.29, 1.82) is 0 Å². The maximum atomic E-state index is 7.29. The first-order valence-electron chi connectivity index (χ1n) is 28.9. The van der Waals surface area contributed by atoms with Crippen molar-refractivity contribution in [1.82, 2.24) is 23.7 Å². The van der Waals surface area contributed by atoms with Gasteiger partial charge in [0, 0.05) is 102 Å². The summed E-state index contributed by atoms with van der Waals surface area (Å²) < 4.78 is 16.9. The van der Waals surface area contributed by atoms with E-state index in [2.05, 4.69) is 287 Å². The van der Waals surface area contributed by atoms with Crippen LogP contribution >= 0.6 is 11.3 Å². The van der Waals surface area contributed by atoms with Gasteiger partial charge in [0.25, 0.3) is 0 Å². The van der Waals surface area contributed by atoms with Crippen LogP contribution in [0.3, 0.4) is 0 Å². The number of para-hydroxylation sites is 5. The lowest BCUT2D eigenvalue weighted by molar-refractivity contribution is 0.673. The van der Waals surface area contributed by atoms with Gasteiger partial charge in [-0.15, -0.1) is 11.3 Å². The Morgan fingerprint density at radius 2 is 0.871 bits per heavy atom. The van der Waals surface area contributed by atoms with Crippen LogP contribution in [0.1, 0.15) is 0 Å². The number of thiophene rings is 1. The van der Waals surface area contributed by atoms with E-state index in [1.165, 1.54) is 63.9 Å². The lowest BCUT2D eigenvalue weighted by Crippen LogP contribution is -2.03. The molecule has 0 amide bonds. The first kappa shape index (κ1) is 46.5. The molecule has 19 rings (SSSR count). The van der Waals surface area contributed by atoms with Gasteiger partial charge in [-0.2, -0.15) is 0 Å². The van der Waals surface area contributed by atoms with Gasteiger partial charge >= 0.3 is 0 Å². The molecule has 0 aliphatic rings. The molecule has 0 N–H and O–H groups in total. The molecule has 0 bridgehead atoms. The Morgan fingerprint density at radius 1 is 0.318 bits per heavy atom. The summed E-state index contributed by atoms with van der Waals surface area (Å²) in [5.41, 5.74) is 18.2. The number of furan rings is 1. The number of hydrogen-bond donors (Lipinski definition) is 0. The predicted octanol–water partition coefficient (Wildman–Crippen LogP) is 21.3. The fourth-order valence-corrected chi connectivity index (χ4v) is 15.3. The van der Waals surface area contributed by atoms with Crippen LogP contribution in [0, 0.1) is 0 Å². The largest absolute Gasteiger partial charge is 0.455 e. The average Bonchev–Trinajstić information content (AvgIpc) is 1.75. The molecule has 19 aromatic rings. The monoisotopic (exact) mass is 1100 g/mol. The average molecular weight is 1100 g/mol. The van der Waals surface area contributed by atoms with Crippen LogP contribution < -0.4 is 0 Å². The van der Waals surface area contributed by atoms with E-state index in [1.807, 2.05) is 11.3 Å². The highest BCUT2D eigenvalue weighted by molar-refractivity contribution is 7.26. The van der Waals surface area contributed by atoms with Crippen molar-refractivity contribution in [3.63, 3.8) is 0 Å². The second-order valence-corrected chi connectivity index (χ2v) is 23.4. The third-order valence-electron chi connectivity index (χ3n) is 17.8. The molecule has 0 aliphatic carbocycles. The van der Waals surface area contributed by atoms with Gasteiger partial charge in [0.2, 0.25) is 5.95 Å². The van der Waals surface area contributed by atoms with Crippen molar-refractivity contribution in [3.8, 4) is 50.8 Å². The van der Waals surface area contributed by atoms with Gasteiger partial charge in [0.15, 0.2) is 0 Å². The Kier molecular flexibility index (Phi) is 9.68. The number of benzene rings is 13. The predicted molar refractivity (Wildman–Crippen MR) is 357 cm³/mol. The van der Waals surface area contributed by atoms with Crippen LogP contribution in [0.25, 0.3) is 180 Å². The summed E-state index contributed by atoms with van der Waals surface area (Å²) in [5, 5.41) is 14.9. The van der Waals surface area contributed by atoms with E-state index < -0.39 is 0 Å². The van der Waals surface area contributed by atoms with Crippen LogP contribution in [0.15, 0.2) is 277 Å². The Bertz CT molecular complexity index is 6040. The molecule has 0 atom stereocenters. The third kappa shape index (κ3) is 6.69. The molecule has 6 nitrogen and oxygen atoms in total. The van der Waals surface area contributed by atoms with Gasteiger partial charge < -0.3 is 13.6 Å². The number of fused-ring (bicyclic) bond motifs is 20. The number of aromatic nitrogens is 5. The Labute approximate surface area is 489 Å². The first-order valence-corrected chi connectivity index (χ1v) is 29.7. The summed E-state index contributed by atoms with van der Waals surface area (Å²) in [5.74, 6) is 0.626. The molecule has 0 saturated carbocycles. The van der Waals surface area contributed by atoms with Crippen LogP contribution in [-0.2, 0) is 0 Å². The maximum absolute atomic E-state index is 7.29. The molecule has 13 aromatic carbocycles. The summed E-state index contributed by atoms with van der Waals surface area (Å²) in [6, 6.07) is 99.0. The van der Waals surface area contributed by atoms with Crippen LogP contribution in [0.5, 0.6) is 0 Å². The zero-order valence-electron chi connectivity index (χ0n) is 45.5. The third-order valence-corrected chi connectivity index (χ3v) is 19.0. The van der Waals surface area contributed by atoms with E-state index in [9.17, 15) is 0 Å². The lowest BCUT2D eigenvalue weighted by atomic mass is 9.97. The molecule has 0 fully saturated rings. The molecule has 85 heavy (non-hydrogen) atoms. The van der Waals surface area contributed by atoms with Gasteiger partial charge in [-0.05, 0) is 108 Å². The second-order valence-electron chi connectivity index (χ2n) is 22.4. The fourth-order valence-electron chi connectivity index (χ4n) is 14.1. The molecule has 394 valence electrons. The van der Waals surface area contributed by atoms with Gasteiger partial charge in [-0.25, -0.2) is 9.97 Å². The SMILES string of the molecule is c1ccc(-c2nc(-n3c4ccccc4c4c5c6ccc(-c7cc(-n8c9ccccc9c9cc(-c%10ccc%11c(c%10)c%10ccccc%10n%11-c%10ccccc%10)ccc98)cc8c7sc7ccccc78)cc6oc5c5ccccc5c43)nc3ccccc23)cc1. The highest BCUT2D eigenvalue weighted by Gasteiger charge is 2.26. The van der Waals surface area contributed by atoms with Gasteiger partial charge in [0.05, 0.1) is 44.3 Å². The van der Waals surface area contributed by atoms with E-state index in [-0.39, 0.29) is 0 Å². The first-order chi connectivity index (χ1) is 42.2. The number of nitrogens with zero attached hydrogens (tertiary/aromatic N) is 5. The van der Waals surface area contributed by atoms with E-state index >= 15 is 0 Å². The van der Waals surface area contributed by atoms with Gasteiger partial charge in [-0.1, -0.05) is 182 Å². The number of hydrogen-bond acceptors (Lipinski definition) is 4. The smallest absolute Gasteiger partial charge is 0.235 e. The van der Waals surface area contributed by atoms with Crippen LogP contribution in [0.4, 0.5) is 0 Å². The van der Waals surface area contributed by atoms with Crippen molar-refractivity contribution in [2.24, 2.45) is 0 Å². The highest BCUT2D eigenvalue weighted by Crippen LogP contribution is 2.49. The van der Waals surface area contributed by atoms with Crippen molar-refractivity contribution in [3.05, 3.63) is 273 Å². The zero-order chi connectivity index (χ0) is 55.4. The van der Waals surface area contributed by atoms with E-state index in [4.69, 9.17) is 14.4 Å². The Morgan fingerprint density at radius 3 is 1.59 bits per heavy atom. The summed E-state index contributed by atoms with van der Waals surface area (Å²) >= 11 is 1.86. The zero-order valence-corrected chi connectivity index (χ0v) is 46.3. The molecule has 6 aromatic heterocycles. The minimum Gasteiger partial charge on any atom is -0.455 e. The Balaban J connectivity index is 0.810. The summed E-state index contributed by atoms with van der Waals surface area (Å²) in [4.78, 5) is 10.8. The molecule has 0 radical (unpaired) electrons. The van der Waals surface area contributed by atoms with Crippen LogP contribution in [-0.4, -0.2) is 23.7 Å². The van der Waals surface area contributed by atoms with Crippen molar-refractivity contribution in [2.75, 3.05) is 0 Å². The van der Waals surface area contributed by atoms with Crippen molar-refractivity contribution in [2.45, 2.75) is 0 Å². The number of rotatable bonds is 6. The Hall–Kier alpha value is -11.1. The van der Waals surface area contributed by atoms with Gasteiger partial charge in [0.1, 0.15) is 11.2 Å². The molecule has 7 heteroatoms. The molecule has 0 aliphatic heterocycles. The molecule has 0 saturated heterocycles. The molecule has 6 heterocycles. The molecule has 0 unspecified atom stereocenters. The fraction of sp³-hybridized carbons (Fsp3) is 0. The minimum absolute atomic E-state index is 0.626. The normalized spacial score (nSPS) is 12.2. The lowest BCUT2D eigenvalue weighted by Gasteiger charge is -2.13. The molecule has 0 spiro atoms. The summed E-state index contributed by atoms with van der Waals surface area (Å²) in [6.45, 7) is 0. The quantitative estimate of drug-likeness (QED) is 0.167. The van der Waals surface area contributed by atoms with E-state index in [0.29, 0.717) is 5.95 Å². The summed E-state index contributed by atoms with van der Waals surface area (Å²) in [7, 11) is 0. The topological polar surface area (TPSA) is 53.7 Å².